The fraction of sp³-hybridized carbons (Fsp3) is 0.263. The lowest BCUT2D eigenvalue weighted by atomic mass is 10.2. The first-order chi connectivity index (χ1) is 13.5. The van der Waals surface area contributed by atoms with E-state index in [9.17, 15) is 14.4 Å². The SMILES string of the molecule is CCNc1nc2c(C)cccn2c(=O)c1C=O.CCNc1nccc(C=O)n1. The summed E-state index contributed by atoms with van der Waals surface area (Å²) in [6.45, 7) is 7.06. The van der Waals surface area contributed by atoms with Crippen molar-refractivity contribution in [3.8, 4) is 0 Å². The Morgan fingerprint density at radius 2 is 1.82 bits per heavy atom. The third-order valence-corrected chi connectivity index (χ3v) is 3.68. The second-order valence-electron chi connectivity index (χ2n) is 5.67. The summed E-state index contributed by atoms with van der Waals surface area (Å²) < 4.78 is 1.39. The van der Waals surface area contributed by atoms with Crippen LogP contribution in [0.1, 0.15) is 40.3 Å². The van der Waals surface area contributed by atoms with Gasteiger partial charge in [0.25, 0.3) is 5.56 Å². The van der Waals surface area contributed by atoms with Gasteiger partial charge in [0.1, 0.15) is 22.7 Å². The van der Waals surface area contributed by atoms with Crippen LogP contribution in [0.15, 0.2) is 35.4 Å². The molecule has 0 bridgehead atoms. The molecule has 0 aliphatic carbocycles. The van der Waals surface area contributed by atoms with Crippen LogP contribution >= 0.6 is 0 Å². The monoisotopic (exact) mass is 382 g/mol. The molecule has 0 unspecified atom stereocenters. The van der Waals surface area contributed by atoms with Crippen LogP contribution in [0.2, 0.25) is 0 Å². The number of anilines is 2. The standard InChI is InChI=1S/C12H13N3O2.C7H9N3O/c1-3-13-10-9(7-16)12(17)15-6-4-5-8(2)11(15)14-10;1-2-8-7-9-4-3-6(5-11)10-7/h4-7,13H,3H2,1-2H3;3-5H,2H2,1H3,(H,8,9,10). The lowest BCUT2D eigenvalue weighted by molar-refractivity contribution is 0.111. The molecule has 0 atom stereocenters. The van der Waals surface area contributed by atoms with Gasteiger partial charge < -0.3 is 10.6 Å². The predicted molar refractivity (Wildman–Crippen MR) is 107 cm³/mol. The molecule has 2 N–H and O–H groups in total. The predicted octanol–water partition coefficient (Wildman–Crippen LogP) is 1.97. The molecule has 0 aliphatic rings. The molecule has 0 saturated heterocycles. The molecular weight excluding hydrogens is 360 g/mol. The Kier molecular flexibility index (Phi) is 7.32. The quantitative estimate of drug-likeness (QED) is 0.621. The van der Waals surface area contributed by atoms with Crippen LogP contribution in [0, 0.1) is 6.92 Å². The van der Waals surface area contributed by atoms with Gasteiger partial charge in [-0.2, -0.15) is 0 Å². The van der Waals surface area contributed by atoms with Crippen molar-refractivity contribution < 1.29 is 9.59 Å². The Morgan fingerprint density at radius 3 is 2.46 bits per heavy atom. The number of nitrogens with zero attached hydrogens (tertiary/aromatic N) is 4. The maximum atomic E-state index is 12.1. The summed E-state index contributed by atoms with van der Waals surface area (Å²) >= 11 is 0. The number of fused-ring (bicyclic) bond motifs is 1. The van der Waals surface area contributed by atoms with E-state index in [4.69, 9.17) is 0 Å². The highest BCUT2D eigenvalue weighted by atomic mass is 16.1. The number of pyridine rings is 1. The first-order valence-electron chi connectivity index (χ1n) is 8.78. The maximum Gasteiger partial charge on any atom is 0.270 e. The van der Waals surface area contributed by atoms with Gasteiger partial charge >= 0.3 is 0 Å². The van der Waals surface area contributed by atoms with Crippen LogP contribution in [0.5, 0.6) is 0 Å². The molecule has 9 heteroatoms. The summed E-state index contributed by atoms with van der Waals surface area (Å²) in [7, 11) is 0. The molecule has 0 spiro atoms. The molecule has 3 rings (SSSR count). The number of aldehydes is 2. The van der Waals surface area contributed by atoms with Crippen LogP contribution < -0.4 is 16.2 Å². The van der Waals surface area contributed by atoms with Gasteiger partial charge in [-0.15, -0.1) is 0 Å². The maximum absolute atomic E-state index is 12.1. The van der Waals surface area contributed by atoms with Crippen molar-refractivity contribution in [2.24, 2.45) is 0 Å². The van der Waals surface area contributed by atoms with E-state index in [-0.39, 0.29) is 11.1 Å². The van der Waals surface area contributed by atoms with Gasteiger partial charge in [0, 0.05) is 25.5 Å². The Balaban J connectivity index is 0.000000221. The van der Waals surface area contributed by atoms with E-state index in [1.54, 1.807) is 24.5 Å². The number of hydrogen-bond acceptors (Lipinski definition) is 8. The second kappa shape index (κ2) is 9.91. The summed E-state index contributed by atoms with van der Waals surface area (Å²) in [5.41, 5.74) is 1.58. The Morgan fingerprint density at radius 1 is 1.07 bits per heavy atom. The van der Waals surface area contributed by atoms with Gasteiger partial charge in [0.05, 0.1) is 0 Å². The van der Waals surface area contributed by atoms with Crippen LogP contribution in [0.4, 0.5) is 11.8 Å². The molecule has 3 aromatic heterocycles. The smallest absolute Gasteiger partial charge is 0.270 e. The van der Waals surface area contributed by atoms with Crippen LogP contribution in [0.25, 0.3) is 5.65 Å². The molecule has 146 valence electrons. The molecule has 0 radical (unpaired) electrons. The van der Waals surface area contributed by atoms with Gasteiger partial charge in [0.15, 0.2) is 12.6 Å². The second-order valence-corrected chi connectivity index (χ2v) is 5.67. The van der Waals surface area contributed by atoms with Gasteiger partial charge in [-0.05, 0) is 38.5 Å². The van der Waals surface area contributed by atoms with Crippen molar-refractivity contribution in [2.75, 3.05) is 23.7 Å². The van der Waals surface area contributed by atoms with Gasteiger partial charge in [-0.25, -0.2) is 15.0 Å². The van der Waals surface area contributed by atoms with E-state index < -0.39 is 0 Å². The van der Waals surface area contributed by atoms with Crippen molar-refractivity contribution in [2.45, 2.75) is 20.8 Å². The number of nitrogens with one attached hydrogen (secondary N) is 2. The molecule has 9 nitrogen and oxygen atoms in total. The third-order valence-electron chi connectivity index (χ3n) is 3.68. The first-order valence-corrected chi connectivity index (χ1v) is 8.78. The summed E-state index contributed by atoms with van der Waals surface area (Å²) in [4.78, 5) is 45.4. The van der Waals surface area contributed by atoms with Crippen molar-refractivity contribution >= 4 is 30.0 Å². The van der Waals surface area contributed by atoms with Gasteiger partial charge in [-0.1, -0.05) is 6.07 Å². The lowest BCUT2D eigenvalue weighted by Gasteiger charge is -2.09. The van der Waals surface area contributed by atoms with E-state index >= 15 is 0 Å². The molecule has 0 aliphatic heterocycles. The molecule has 0 saturated carbocycles. The number of hydrogen-bond donors (Lipinski definition) is 2. The number of rotatable bonds is 6. The zero-order valence-corrected chi connectivity index (χ0v) is 16.0. The molecule has 0 aromatic carbocycles. The average molecular weight is 382 g/mol. The van der Waals surface area contributed by atoms with E-state index in [0.717, 1.165) is 12.1 Å². The largest absolute Gasteiger partial charge is 0.370 e. The van der Waals surface area contributed by atoms with E-state index in [1.807, 2.05) is 26.8 Å². The normalized spacial score (nSPS) is 9.96. The zero-order chi connectivity index (χ0) is 20.5. The van der Waals surface area contributed by atoms with Crippen LogP contribution in [-0.4, -0.2) is 45.0 Å². The highest BCUT2D eigenvalue weighted by Crippen LogP contribution is 2.11. The Labute approximate surface area is 161 Å². The molecule has 3 heterocycles. The summed E-state index contributed by atoms with van der Waals surface area (Å²) in [6.07, 6.45) is 4.40. The van der Waals surface area contributed by atoms with E-state index in [0.29, 0.717) is 42.2 Å². The molecule has 0 amide bonds. The molecule has 3 aromatic rings. The number of carbonyl (C=O) groups is 2. The Hall–Kier alpha value is -3.62. The summed E-state index contributed by atoms with van der Waals surface area (Å²) in [5.74, 6) is 0.846. The van der Waals surface area contributed by atoms with E-state index in [2.05, 4.69) is 25.6 Å². The molecule has 0 fully saturated rings. The van der Waals surface area contributed by atoms with Crippen molar-refractivity contribution in [3.05, 3.63) is 57.8 Å². The van der Waals surface area contributed by atoms with Gasteiger partial charge in [0.2, 0.25) is 5.95 Å². The Bertz CT molecular complexity index is 1030. The minimum Gasteiger partial charge on any atom is -0.370 e. The summed E-state index contributed by atoms with van der Waals surface area (Å²) in [5, 5.41) is 5.83. The first kappa shape index (κ1) is 20.7. The highest BCUT2D eigenvalue weighted by Gasteiger charge is 2.12. The molecular formula is C19H22N6O3. The number of aromatic nitrogens is 4. The van der Waals surface area contributed by atoms with Crippen LogP contribution in [-0.2, 0) is 0 Å². The summed E-state index contributed by atoms with van der Waals surface area (Å²) in [6, 6.07) is 5.19. The fourth-order valence-electron chi connectivity index (χ4n) is 2.40. The lowest BCUT2D eigenvalue weighted by Crippen LogP contribution is -2.22. The fourth-order valence-corrected chi connectivity index (χ4v) is 2.40. The van der Waals surface area contributed by atoms with Crippen molar-refractivity contribution in [1.29, 1.82) is 0 Å². The average Bonchev–Trinajstić information content (AvgIpc) is 2.70. The van der Waals surface area contributed by atoms with Gasteiger partial charge in [-0.3, -0.25) is 18.8 Å². The number of carbonyl (C=O) groups excluding carboxylic acids is 2. The number of aryl methyl sites for hydroxylation is 1. The van der Waals surface area contributed by atoms with E-state index in [1.165, 1.54) is 4.40 Å². The highest BCUT2D eigenvalue weighted by molar-refractivity contribution is 5.82. The third kappa shape index (κ3) is 4.76. The topological polar surface area (TPSA) is 118 Å². The van der Waals surface area contributed by atoms with Crippen molar-refractivity contribution in [3.63, 3.8) is 0 Å². The molecule has 28 heavy (non-hydrogen) atoms. The minimum absolute atomic E-state index is 0.0648. The van der Waals surface area contributed by atoms with Crippen LogP contribution in [0.3, 0.4) is 0 Å². The minimum atomic E-state index is -0.343. The zero-order valence-electron chi connectivity index (χ0n) is 16.0. The van der Waals surface area contributed by atoms with Crippen molar-refractivity contribution in [1.82, 2.24) is 19.4 Å².